The van der Waals surface area contributed by atoms with E-state index in [0.717, 1.165) is 24.6 Å². The molecule has 0 unspecified atom stereocenters. The summed E-state index contributed by atoms with van der Waals surface area (Å²) in [7, 11) is 0. The molecule has 1 aromatic heterocycles. The third-order valence-corrected chi connectivity index (χ3v) is 6.09. The average molecular weight is 522 g/mol. The first-order valence-electron chi connectivity index (χ1n) is 11.6. The third kappa shape index (κ3) is 6.79. The van der Waals surface area contributed by atoms with Crippen LogP contribution in [0.4, 0.5) is 37.8 Å². The molecule has 0 aliphatic carbocycles. The van der Waals surface area contributed by atoms with E-state index in [1.807, 2.05) is 9.80 Å². The van der Waals surface area contributed by atoms with Gasteiger partial charge in [-0.3, -0.25) is 9.69 Å². The summed E-state index contributed by atoms with van der Waals surface area (Å²) in [6.07, 6.45) is -6.81. The van der Waals surface area contributed by atoms with Crippen LogP contribution in [-0.2, 0) is 18.9 Å². The molecular formula is C26H24F6N4O. The van der Waals surface area contributed by atoms with E-state index in [-0.39, 0.29) is 17.7 Å². The fraction of sp³-hybridized carbons (Fsp3) is 0.308. The molecule has 0 atom stereocenters. The lowest BCUT2D eigenvalue weighted by Gasteiger charge is -2.24. The highest BCUT2D eigenvalue weighted by atomic mass is 19.4. The van der Waals surface area contributed by atoms with E-state index in [0.29, 0.717) is 37.7 Å². The maximum atomic E-state index is 13.3. The number of nitrogens with one attached hydrogen (secondary N) is 1. The molecule has 1 saturated heterocycles. The predicted octanol–water partition coefficient (Wildman–Crippen LogP) is 6.08. The van der Waals surface area contributed by atoms with Crippen LogP contribution in [0, 0.1) is 0 Å². The number of hydrogen-bond donors (Lipinski definition) is 1. The van der Waals surface area contributed by atoms with Crippen LogP contribution in [0.5, 0.6) is 0 Å². The largest absolute Gasteiger partial charge is 0.416 e. The van der Waals surface area contributed by atoms with Gasteiger partial charge < -0.3 is 10.2 Å². The number of nitrogens with zero attached hydrogens (tertiary/aromatic N) is 3. The Morgan fingerprint density at radius 3 is 2.35 bits per heavy atom. The first-order chi connectivity index (χ1) is 17.5. The second kappa shape index (κ2) is 10.8. The number of pyridine rings is 1. The van der Waals surface area contributed by atoms with Crippen LogP contribution in [0.2, 0.25) is 0 Å². The fourth-order valence-electron chi connectivity index (χ4n) is 4.22. The molecule has 196 valence electrons. The van der Waals surface area contributed by atoms with Gasteiger partial charge in [0.2, 0.25) is 0 Å². The molecule has 0 bridgehead atoms. The molecule has 3 aromatic rings. The zero-order valence-corrected chi connectivity index (χ0v) is 19.6. The van der Waals surface area contributed by atoms with E-state index in [2.05, 4.69) is 10.3 Å². The van der Waals surface area contributed by atoms with Crippen molar-refractivity contribution >= 4 is 17.4 Å². The number of rotatable bonds is 5. The topological polar surface area (TPSA) is 48.5 Å². The fourth-order valence-corrected chi connectivity index (χ4v) is 4.22. The predicted molar refractivity (Wildman–Crippen MR) is 127 cm³/mol. The Balaban J connectivity index is 1.36. The Hall–Kier alpha value is -3.60. The number of benzene rings is 2. The minimum Gasteiger partial charge on any atom is -0.355 e. The van der Waals surface area contributed by atoms with Crippen molar-refractivity contribution in [1.29, 1.82) is 0 Å². The maximum Gasteiger partial charge on any atom is 0.416 e. The molecule has 0 radical (unpaired) electrons. The number of carbonyl (C=O) groups is 1. The van der Waals surface area contributed by atoms with E-state index in [9.17, 15) is 31.1 Å². The van der Waals surface area contributed by atoms with Crippen LogP contribution in [-0.4, -0.2) is 42.0 Å². The number of anilines is 2. The molecule has 11 heteroatoms. The lowest BCUT2D eigenvalue weighted by molar-refractivity contribution is -0.139. The summed E-state index contributed by atoms with van der Waals surface area (Å²) in [5, 5.41) is 2.54. The Kier molecular flexibility index (Phi) is 7.72. The van der Waals surface area contributed by atoms with Gasteiger partial charge in [0, 0.05) is 38.3 Å². The summed E-state index contributed by atoms with van der Waals surface area (Å²) < 4.78 is 78.7. The summed E-state index contributed by atoms with van der Waals surface area (Å²) >= 11 is 0. The number of hydrogen-bond acceptors (Lipinski definition) is 4. The smallest absolute Gasteiger partial charge is 0.355 e. The van der Waals surface area contributed by atoms with Gasteiger partial charge in [0.15, 0.2) is 0 Å². The molecule has 0 spiro atoms. The maximum absolute atomic E-state index is 13.3. The lowest BCUT2D eigenvalue weighted by atomic mass is 10.1. The first-order valence-corrected chi connectivity index (χ1v) is 11.6. The number of carbonyl (C=O) groups excluding carboxylic acids is 1. The number of amides is 1. The lowest BCUT2D eigenvalue weighted by Crippen LogP contribution is -2.31. The van der Waals surface area contributed by atoms with Crippen LogP contribution >= 0.6 is 0 Å². The average Bonchev–Trinajstić information content (AvgIpc) is 3.09. The molecule has 1 aliphatic rings. The zero-order valence-electron chi connectivity index (χ0n) is 19.6. The van der Waals surface area contributed by atoms with Crippen molar-refractivity contribution in [2.45, 2.75) is 25.3 Å². The van der Waals surface area contributed by atoms with Gasteiger partial charge in [-0.1, -0.05) is 24.3 Å². The van der Waals surface area contributed by atoms with Crippen LogP contribution in [0.15, 0.2) is 66.9 Å². The van der Waals surface area contributed by atoms with Gasteiger partial charge in [0.25, 0.3) is 5.91 Å². The van der Waals surface area contributed by atoms with Crippen LogP contribution in [0.1, 0.15) is 33.5 Å². The van der Waals surface area contributed by atoms with Crippen molar-refractivity contribution in [2.24, 2.45) is 0 Å². The third-order valence-electron chi connectivity index (χ3n) is 6.09. The molecule has 37 heavy (non-hydrogen) atoms. The number of halogens is 6. The van der Waals surface area contributed by atoms with Crippen LogP contribution in [0.3, 0.4) is 0 Å². The Bertz CT molecular complexity index is 1230. The minimum atomic E-state index is -4.55. The molecular weight excluding hydrogens is 498 g/mol. The summed E-state index contributed by atoms with van der Waals surface area (Å²) in [6, 6.07) is 13.0. The normalized spacial score (nSPS) is 15.4. The molecule has 2 aromatic carbocycles. The highest BCUT2D eigenvalue weighted by Crippen LogP contribution is 2.33. The van der Waals surface area contributed by atoms with Gasteiger partial charge in [0.1, 0.15) is 5.82 Å². The van der Waals surface area contributed by atoms with Gasteiger partial charge >= 0.3 is 12.4 Å². The monoisotopic (exact) mass is 522 g/mol. The number of aromatic nitrogens is 1. The van der Waals surface area contributed by atoms with Gasteiger partial charge in [-0.2, -0.15) is 26.3 Å². The summed E-state index contributed by atoms with van der Waals surface area (Å²) in [4.78, 5) is 20.8. The molecule has 1 aliphatic heterocycles. The second-order valence-corrected chi connectivity index (χ2v) is 8.71. The van der Waals surface area contributed by atoms with Crippen molar-refractivity contribution in [3.8, 4) is 0 Å². The van der Waals surface area contributed by atoms with Crippen molar-refractivity contribution in [2.75, 3.05) is 36.4 Å². The quantitative estimate of drug-likeness (QED) is 0.413. The zero-order chi connectivity index (χ0) is 26.6. The van der Waals surface area contributed by atoms with Crippen molar-refractivity contribution in [1.82, 2.24) is 9.88 Å². The molecule has 1 amide bonds. The first kappa shape index (κ1) is 26.5. The molecule has 2 heterocycles. The van der Waals surface area contributed by atoms with Crippen molar-refractivity contribution in [3.05, 3.63) is 89.1 Å². The Labute approximate surface area is 209 Å². The molecule has 0 saturated carbocycles. The van der Waals surface area contributed by atoms with Crippen LogP contribution in [0.25, 0.3) is 0 Å². The van der Waals surface area contributed by atoms with E-state index in [1.165, 1.54) is 30.5 Å². The SMILES string of the molecule is O=C(Nc1ccc(N2CCCN(Cc3ccccc3C(F)(F)F)CC2)nc1)c1cccc(C(F)(F)F)c1. The second-order valence-electron chi connectivity index (χ2n) is 8.71. The molecule has 5 nitrogen and oxygen atoms in total. The standard InChI is InChI=1S/C26H24F6N4O/c27-25(28,29)20-7-3-6-18(15-20)24(37)34-21-9-10-23(33-16-21)36-12-4-11-35(13-14-36)17-19-5-1-2-8-22(19)26(30,31)32/h1-3,5-10,15-16H,4,11-14,17H2,(H,34,37). The van der Waals surface area contributed by atoms with Crippen molar-refractivity contribution < 1.29 is 31.1 Å². The highest BCUT2D eigenvalue weighted by molar-refractivity contribution is 6.04. The Morgan fingerprint density at radius 2 is 1.65 bits per heavy atom. The van der Waals surface area contributed by atoms with E-state index in [4.69, 9.17) is 0 Å². The van der Waals surface area contributed by atoms with Crippen molar-refractivity contribution in [3.63, 3.8) is 0 Å². The van der Waals surface area contributed by atoms with E-state index in [1.54, 1.807) is 18.2 Å². The molecule has 1 N–H and O–H groups in total. The molecule has 1 fully saturated rings. The van der Waals surface area contributed by atoms with Gasteiger partial charge in [-0.05, 0) is 48.4 Å². The van der Waals surface area contributed by atoms with E-state index < -0.39 is 29.4 Å². The highest BCUT2D eigenvalue weighted by Gasteiger charge is 2.33. The summed E-state index contributed by atoms with van der Waals surface area (Å²) in [6.45, 7) is 2.57. The Morgan fingerprint density at radius 1 is 0.865 bits per heavy atom. The number of alkyl halides is 6. The summed E-state index contributed by atoms with van der Waals surface area (Å²) in [5.74, 6) is -0.0557. The van der Waals surface area contributed by atoms with Crippen LogP contribution < -0.4 is 10.2 Å². The molecule has 4 rings (SSSR count). The van der Waals surface area contributed by atoms with Gasteiger partial charge in [0.05, 0.1) is 23.0 Å². The summed E-state index contributed by atoms with van der Waals surface area (Å²) in [5.41, 5.74) is -1.10. The minimum absolute atomic E-state index is 0.126. The van der Waals surface area contributed by atoms with Gasteiger partial charge in [-0.25, -0.2) is 4.98 Å². The van der Waals surface area contributed by atoms with Gasteiger partial charge in [-0.15, -0.1) is 0 Å². The van der Waals surface area contributed by atoms with E-state index >= 15 is 0 Å².